The van der Waals surface area contributed by atoms with Gasteiger partial charge in [-0.3, -0.25) is 4.99 Å². The van der Waals surface area contributed by atoms with E-state index in [1.54, 1.807) is 7.05 Å². The Morgan fingerprint density at radius 2 is 1.79 bits per heavy atom. The molecule has 3 aromatic rings. The molecule has 0 aliphatic heterocycles. The zero-order chi connectivity index (χ0) is 20.5. The zero-order valence-corrected chi connectivity index (χ0v) is 17.5. The molecule has 0 bridgehead atoms. The summed E-state index contributed by atoms with van der Waals surface area (Å²) in [6, 6.07) is 14.5. The number of ether oxygens (including phenoxy) is 1. The fourth-order valence-electron chi connectivity index (χ4n) is 3.28. The van der Waals surface area contributed by atoms with E-state index in [4.69, 9.17) is 9.26 Å². The van der Waals surface area contributed by atoms with Crippen molar-refractivity contribution in [2.24, 2.45) is 4.99 Å². The van der Waals surface area contributed by atoms with Crippen LogP contribution in [0.15, 0.2) is 52.0 Å². The summed E-state index contributed by atoms with van der Waals surface area (Å²) in [6.07, 6.45) is 2.84. The molecule has 1 aromatic heterocycles. The van der Waals surface area contributed by atoms with Crippen molar-refractivity contribution in [3.05, 3.63) is 59.5 Å². The molecule has 0 aliphatic rings. The fourth-order valence-corrected chi connectivity index (χ4v) is 3.28. The van der Waals surface area contributed by atoms with Crippen LogP contribution in [0.4, 0.5) is 0 Å². The molecule has 0 unspecified atom stereocenters. The number of hydrogen-bond acceptors (Lipinski definition) is 4. The maximum atomic E-state index is 5.88. The Morgan fingerprint density at radius 1 is 1.03 bits per heavy atom. The molecule has 3 rings (SSSR count). The molecular weight excluding hydrogens is 364 g/mol. The summed E-state index contributed by atoms with van der Waals surface area (Å²) in [5.41, 5.74) is 2.19. The Hall–Kier alpha value is -3.02. The van der Waals surface area contributed by atoms with E-state index in [-0.39, 0.29) is 0 Å². The van der Waals surface area contributed by atoms with Gasteiger partial charge in [-0.1, -0.05) is 35.5 Å². The van der Waals surface area contributed by atoms with E-state index in [1.165, 1.54) is 16.3 Å². The number of hydrogen-bond donors (Lipinski definition) is 2. The van der Waals surface area contributed by atoms with E-state index in [0.29, 0.717) is 6.61 Å². The molecule has 0 fully saturated rings. The third-order valence-corrected chi connectivity index (χ3v) is 4.90. The van der Waals surface area contributed by atoms with Gasteiger partial charge in [-0.05, 0) is 56.0 Å². The normalized spacial score (nSPS) is 11.6. The first kappa shape index (κ1) is 20.7. The van der Waals surface area contributed by atoms with E-state index in [1.807, 2.05) is 32.0 Å². The highest BCUT2D eigenvalue weighted by molar-refractivity contribution is 5.83. The SMILES string of the molecule is CN=C(NCCCOc1ccc2ccccc2c1)NCCCc1c(C)noc1C. The van der Waals surface area contributed by atoms with Gasteiger partial charge in [0, 0.05) is 25.7 Å². The minimum absolute atomic E-state index is 0.661. The van der Waals surface area contributed by atoms with Crippen molar-refractivity contribution in [3.63, 3.8) is 0 Å². The molecule has 0 spiro atoms. The summed E-state index contributed by atoms with van der Waals surface area (Å²) in [4.78, 5) is 4.27. The molecule has 2 N–H and O–H groups in total. The summed E-state index contributed by atoms with van der Waals surface area (Å²) in [6.45, 7) is 6.26. The third kappa shape index (κ3) is 5.98. The van der Waals surface area contributed by atoms with Crippen LogP contribution in [0.3, 0.4) is 0 Å². The molecular formula is C23H30N4O2. The van der Waals surface area contributed by atoms with E-state index in [0.717, 1.165) is 55.5 Å². The molecule has 154 valence electrons. The van der Waals surface area contributed by atoms with E-state index < -0.39 is 0 Å². The lowest BCUT2D eigenvalue weighted by Gasteiger charge is -2.12. The first-order valence-corrected chi connectivity index (χ1v) is 10.1. The second-order valence-corrected chi connectivity index (χ2v) is 7.04. The number of rotatable bonds is 9. The number of fused-ring (bicyclic) bond motifs is 1. The van der Waals surface area contributed by atoms with Crippen molar-refractivity contribution in [3.8, 4) is 5.75 Å². The molecule has 0 radical (unpaired) electrons. The molecule has 0 amide bonds. The molecule has 0 saturated heterocycles. The average Bonchev–Trinajstić information content (AvgIpc) is 3.06. The first-order valence-electron chi connectivity index (χ1n) is 10.1. The summed E-state index contributed by atoms with van der Waals surface area (Å²) in [7, 11) is 1.79. The Balaban J connectivity index is 1.31. The second-order valence-electron chi connectivity index (χ2n) is 7.04. The van der Waals surface area contributed by atoms with Crippen molar-refractivity contribution < 1.29 is 9.26 Å². The summed E-state index contributed by atoms with van der Waals surface area (Å²) >= 11 is 0. The van der Waals surface area contributed by atoms with Gasteiger partial charge in [0.1, 0.15) is 11.5 Å². The summed E-state index contributed by atoms with van der Waals surface area (Å²) in [5, 5.41) is 13.1. The lowest BCUT2D eigenvalue weighted by Crippen LogP contribution is -2.38. The Bertz CT molecular complexity index is 929. The monoisotopic (exact) mass is 394 g/mol. The molecule has 0 aliphatic carbocycles. The van der Waals surface area contributed by atoms with Crippen LogP contribution in [-0.2, 0) is 6.42 Å². The lowest BCUT2D eigenvalue weighted by atomic mass is 10.1. The lowest BCUT2D eigenvalue weighted by molar-refractivity contribution is 0.311. The molecule has 6 nitrogen and oxygen atoms in total. The predicted octanol–water partition coefficient (Wildman–Crippen LogP) is 4.01. The van der Waals surface area contributed by atoms with Crippen LogP contribution < -0.4 is 15.4 Å². The summed E-state index contributed by atoms with van der Waals surface area (Å²) < 4.78 is 11.1. The van der Waals surface area contributed by atoms with Crippen LogP contribution in [-0.4, -0.2) is 37.9 Å². The van der Waals surface area contributed by atoms with Gasteiger partial charge in [-0.25, -0.2) is 0 Å². The molecule has 0 atom stereocenters. The van der Waals surface area contributed by atoms with Crippen molar-refractivity contribution in [1.82, 2.24) is 15.8 Å². The van der Waals surface area contributed by atoms with Gasteiger partial charge in [0.25, 0.3) is 0 Å². The Morgan fingerprint density at radius 3 is 2.52 bits per heavy atom. The minimum atomic E-state index is 0.661. The third-order valence-electron chi connectivity index (χ3n) is 4.90. The first-order chi connectivity index (χ1) is 14.2. The fraction of sp³-hybridized carbons (Fsp3) is 0.391. The highest BCUT2D eigenvalue weighted by atomic mass is 16.5. The maximum Gasteiger partial charge on any atom is 0.190 e. The van der Waals surface area contributed by atoms with Gasteiger partial charge in [0.15, 0.2) is 5.96 Å². The van der Waals surface area contributed by atoms with Crippen molar-refractivity contribution in [1.29, 1.82) is 0 Å². The van der Waals surface area contributed by atoms with E-state index in [9.17, 15) is 0 Å². The molecule has 29 heavy (non-hydrogen) atoms. The average molecular weight is 395 g/mol. The van der Waals surface area contributed by atoms with Crippen molar-refractivity contribution in [2.75, 3.05) is 26.7 Å². The van der Waals surface area contributed by atoms with Crippen LogP contribution in [0, 0.1) is 13.8 Å². The Labute approximate surface area is 172 Å². The topological polar surface area (TPSA) is 71.7 Å². The molecule has 1 heterocycles. The molecule has 6 heteroatoms. The molecule has 2 aromatic carbocycles. The number of aliphatic imine (C=N–C) groups is 1. The summed E-state index contributed by atoms with van der Waals surface area (Å²) in [5.74, 6) is 2.64. The molecule has 0 saturated carbocycles. The van der Waals surface area contributed by atoms with Crippen LogP contribution in [0.1, 0.15) is 29.9 Å². The van der Waals surface area contributed by atoms with Crippen molar-refractivity contribution >= 4 is 16.7 Å². The highest BCUT2D eigenvalue weighted by Crippen LogP contribution is 2.20. The zero-order valence-electron chi connectivity index (χ0n) is 17.5. The van der Waals surface area contributed by atoms with Crippen LogP contribution in [0.2, 0.25) is 0 Å². The smallest absolute Gasteiger partial charge is 0.190 e. The Kier molecular flexibility index (Phi) is 7.50. The quantitative estimate of drug-likeness (QED) is 0.326. The minimum Gasteiger partial charge on any atom is -0.494 e. The number of aromatic nitrogens is 1. The van der Waals surface area contributed by atoms with E-state index >= 15 is 0 Å². The van der Waals surface area contributed by atoms with Crippen LogP contribution in [0.5, 0.6) is 5.75 Å². The number of nitrogens with one attached hydrogen (secondary N) is 2. The van der Waals surface area contributed by atoms with Gasteiger partial charge in [-0.15, -0.1) is 0 Å². The number of benzene rings is 2. The number of guanidine groups is 1. The second kappa shape index (κ2) is 10.5. The van der Waals surface area contributed by atoms with Gasteiger partial charge in [0.2, 0.25) is 0 Å². The standard InChI is InChI=1S/C23H30N4O2/c1-17-22(18(2)29-27-17)10-6-13-25-23(24-3)26-14-7-15-28-21-12-11-19-8-4-5-9-20(19)16-21/h4-5,8-9,11-12,16H,6-7,10,13-15H2,1-3H3,(H2,24,25,26). The van der Waals surface area contributed by atoms with Gasteiger partial charge < -0.3 is 19.9 Å². The van der Waals surface area contributed by atoms with Crippen LogP contribution in [0.25, 0.3) is 10.8 Å². The highest BCUT2D eigenvalue weighted by Gasteiger charge is 2.08. The maximum absolute atomic E-state index is 5.88. The van der Waals surface area contributed by atoms with Crippen molar-refractivity contribution in [2.45, 2.75) is 33.1 Å². The van der Waals surface area contributed by atoms with Crippen LogP contribution >= 0.6 is 0 Å². The number of nitrogens with zero attached hydrogens (tertiary/aromatic N) is 2. The number of aryl methyl sites for hydroxylation is 2. The van der Waals surface area contributed by atoms with Gasteiger partial charge in [0.05, 0.1) is 12.3 Å². The largest absolute Gasteiger partial charge is 0.494 e. The van der Waals surface area contributed by atoms with Gasteiger partial charge in [-0.2, -0.15) is 0 Å². The van der Waals surface area contributed by atoms with Gasteiger partial charge >= 0.3 is 0 Å². The predicted molar refractivity (Wildman–Crippen MR) is 118 cm³/mol. The van der Waals surface area contributed by atoms with E-state index in [2.05, 4.69) is 45.0 Å².